The summed E-state index contributed by atoms with van der Waals surface area (Å²) in [6.45, 7) is 0. The summed E-state index contributed by atoms with van der Waals surface area (Å²) < 4.78 is 27.1. The third kappa shape index (κ3) is 1.96. The molecule has 0 fully saturated rings. The van der Waals surface area contributed by atoms with Crippen molar-refractivity contribution in [2.24, 2.45) is 0 Å². The molecule has 0 unspecified atom stereocenters. The summed E-state index contributed by atoms with van der Waals surface area (Å²) in [5.74, 6) is 0. The predicted molar refractivity (Wildman–Crippen MR) is 45.8 cm³/mol. The average molecular weight is 210 g/mol. The van der Waals surface area contributed by atoms with Gasteiger partial charge < -0.3 is 0 Å². The molecule has 0 N–H and O–H groups in total. The standard InChI is InChI=1S/C5H6O3S3/c1-8-11(6,7)5-3-2-4(9)10-5/h2-3,9H,1H3. The van der Waals surface area contributed by atoms with Crippen LogP contribution in [0.15, 0.2) is 20.6 Å². The zero-order valence-corrected chi connectivity index (χ0v) is 8.17. The lowest BCUT2D eigenvalue weighted by atomic mass is 10.7. The molecular weight excluding hydrogens is 204 g/mol. The van der Waals surface area contributed by atoms with Gasteiger partial charge in [0, 0.05) is 0 Å². The van der Waals surface area contributed by atoms with Crippen LogP contribution in [0.4, 0.5) is 0 Å². The van der Waals surface area contributed by atoms with Gasteiger partial charge in [0.2, 0.25) is 0 Å². The van der Waals surface area contributed by atoms with Crippen LogP contribution in [0.5, 0.6) is 0 Å². The Morgan fingerprint density at radius 2 is 2.18 bits per heavy atom. The van der Waals surface area contributed by atoms with Crippen molar-refractivity contribution in [2.75, 3.05) is 7.11 Å². The molecule has 62 valence electrons. The van der Waals surface area contributed by atoms with Crippen molar-refractivity contribution in [3.05, 3.63) is 12.1 Å². The van der Waals surface area contributed by atoms with E-state index in [1.54, 1.807) is 6.07 Å². The predicted octanol–water partition coefficient (Wildman–Crippen LogP) is 1.37. The molecule has 1 aromatic rings. The highest BCUT2D eigenvalue weighted by atomic mass is 32.3. The Kier molecular flexibility index (Phi) is 2.58. The third-order valence-corrected chi connectivity index (χ3v) is 4.07. The maximum absolute atomic E-state index is 11.0. The van der Waals surface area contributed by atoms with Gasteiger partial charge in [-0.2, -0.15) is 8.42 Å². The lowest BCUT2D eigenvalue weighted by Crippen LogP contribution is -1.99. The normalized spacial score (nSPS) is 11.8. The Morgan fingerprint density at radius 3 is 2.55 bits per heavy atom. The Morgan fingerprint density at radius 1 is 1.55 bits per heavy atom. The molecule has 0 aromatic carbocycles. The molecule has 6 heteroatoms. The minimum absolute atomic E-state index is 0.185. The van der Waals surface area contributed by atoms with E-state index in [9.17, 15) is 8.42 Å². The van der Waals surface area contributed by atoms with E-state index in [4.69, 9.17) is 0 Å². The first kappa shape index (κ1) is 9.05. The zero-order chi connectivity index (χ0) is 8.48. The summed E-state index contributed by atoms with van der Waals surface area (Å²) >= 11 is 5.04. The van der Waals surface area contributed by atoms with Gasteiger partial charge in [-0.05, 0) is 12.1 Å². The third-order valence-electron chi connectivity index (χ3n) is 1.03. The second-order valence-electron chi connectivity index (χ2n) is 1.71. The Labute approximate surface area is 74.5 Å². The van der Waals surface area contributed by atoms with Crippen LogP contribution in [0.3, 0.4) is 0 Å². The highest BCUT2D eigenvalue weighted by Crippen LogP contribution is 2.24. The van der Waals surface area contributed by atoms with Crippen LogP contribution in [0.2, 0.25) is 0 Å². The minimum Gasteiger partial charge on any atom is -0.269 e. The molecule has 0 spiro atoms. The van der Waals surface area contributed by atoms with Crippen molar-refractivity contribution in [3.63, 3.8) is 0 Å². The average Bonchev–Trinajstić information content (AvgIpc) is 2.36. The molecule has 0 saturated carbocycles. The van der Waals surface area contributed by atoms with Crippen molar-refractivity contribution in [1.29, 1.82) is 0 Å². The van der Waals surface area contributed by atoms with Crippen molar-refractivity contribution < 1.29 is 12.6 Å². The number of thiol groups is 1. The van der Waals surface area contributed by atoms with E-state index in [1.807, 2.05) is 0 Å². The fourth-order valence-corrected chi connectivity index (χ4v) is 2.84. The van der Waals surface area contributed by atoms with Gasteiger partial charge in [-0.15, -0.1) is 24.0 Å². The van der Waals surface area contributed by atoms with Gasteiger partial charge >= 0.3 is 10.1 Å². The quantitative estimate of drug-likeness (QED) is 0.592. The first-order valence-electron chi connectivity index (χ1n) is 2.65. The molecule has 0 radical (unpaired) electrons. The van der Waals surface area contributed by atoms with E-state index < -0.39 is 10.1 Å². The highest BCUT2D eigenvalue weighted by molar-refractivity contribution is 7.90. The Hall–Kier alpha value is -0.0400. The van der Waals surface area contributed by atoms with Crippen molar-refractivity contribution in [2.45, 2.75) is 8.42 Å². The number of hydrogen-bond donors (Lipinski definition) is 1. The van der Waals surface area contributed by atoms with E-state index in [0.29, 0.717) is 4.21 Å². The zero-order valence-electron chi connectivity index (χ0n) is 5.64. The van der Waals surface area contributed by atoms with Crippen molar-refractivity contribution in [1.82, 2.24) is 0 Å². The molecule has 0 saturated heterocycles. The number of rotatable bonds is 2. The minimum atomic E-state index is -3.51. The maximum Gasteiger partial charge on any atom is 0.306 e. The van der Waals surface area contributed by atoms with Crippen LogP contribution < -0.4 is 0 Å². The largest absolute Gasteiger partial charge is 0.306 e. The van der Waals surface area contributed by atoms with E-state index in [0.717, 1.165) is 18.4 Å². The summed E-state index contributed by atoms with van der Waals surface area (Å²) in [4.78, 5) is 0. The molecular formula is C5H6O3S3. The van der Waals surface area contributed by atoms with Crippen LogP contribution in [0.1, 0.15) is 0 Å². The molecule has 0 bridgehead atoms. The Bertz CT molecular complexity index is 338. The molecule has 1 rings (SSSR count). The van der Waals surface area contributed by atoms with Gasteiger partial charge in [0.15, 0.2) is 0 Å². The van der Waals surface area contributed by atoms with Crippen LogP contribution >= 0.6 is 24.0 Å². The fourth-order valence-electron chi connectivity index (χ4n) is 0.527. The van der Waals surface area contributed by atoms with Gasteiger partial charge in [0.25, 0.3) is 0 Å². The van der Waals surface area contributed by atoms with Crippen LogP contribution in [0.25, 0.3) is 0 Å². The van der Waals surface area contributed by atoms with Crippen molar-refractivity contribution >= 4 is 34.1 Å². The first-order chi connectivity index (χ1) is 5.06. The van der Waals surface area contributed by atoms with Crippen LogP contribution in [-0.2, 0) is 14.3 Å². The molecule has 11 heavy (non-hydrogen) atoms. The van der Waals surface area contributed by atoms with Gasteiger partial charge in [0.1, 0.15) is 4.21 Å². The smallest absolute Gasteiger partial charge is 0.269 e. The SMILES string of the molecule is COS(=O)(=O)c1ccc(S)s1. The maximum atomic E-state index is 11.0. The van der Waals surface area contributed by atoms with E-state index in [1.165, 1.54) is 6.07 Å². The number of thiophene rings is 1. The molecule has 0 aliphatic heterocycles. The number of hydrogen-bond acceptors (Lipinski definition) is 5. The first-order valence-corrected chi connectivity index (χ1v) is 5.33. The Balaban J connectivity index is 3.13. The van der Waals surface area contributed by atoms with E-state index in [2.05, 4.69) is 16.8 Å². The fraction of sp³-hybridized carbons (Fsp3) is 0.200. The second-order valence-corrected chi connectivity index (χ2v) is 5.52. The molecule has 0 aliphatic carbocycles. The lowest BCUT2D eigenvalue weighted by molar-refractivity contribution is 0.399. The summed E-state index contributed by atoms with van der Waals surface area (Å²) in [6.07, 6.45) is 0. The van der Waals surface area contributed by atoms with E-state index in [-0.39, 0.29) is 4.21 Å². The summed E-state index contributed by atoms with van der Waals surface area (Å²) in [5, 5.41) is 0. The van der Waals surface area contributed by atoms with Gasteiger partial charge in [-0.25, -0.2) is 0 Å². The lowest BCUT2D eigenvalue weighted by Gasteiger charge is -1.93. The van der Waals surface area contributed by atoms with Crippen molar-refractivity contribution in [3.8, 4) is 0 Å². The van der Waals surface area contributed by atoms with Crippen LogP contribution in [0, 0.1) is 0 Å². The van der Waals surface area contributed by atoms with Gasteiger partial charge in [-0.3, -0.25) is 4.18 Å². The summed E-state index contributed by atoms with van der Waals surface area (Å²) in [7, 11) is -2.38. The molecule has 0 aliphatic rings. The second kappa shape index (κ2) is 3.14. The molecule has 0 amide bonds. The molecule has 0 atom stereocenters. The highest BCUT2D eigenvalue weighted by Gasteiger charge is 2.14. The topological polar surface area (TPSA) is 43.4 Å². The van der Waals surface area contributed by atoms with Gasteiger partial charge in [-0.1, -0.05) is 0 Å². The molecule has 1 aromatic heterocycles. The van der Waals surface area contributed by atoms with Crippen LogP contribution in [-0.4, -0.2) is 15.5 Å². The molecule has 3 nitrogen and oxygen atoms in total. The summed E-state index contributed by atoms with van der Waals surface area (Å²) in [6, 6.07) is 3.07. The van der Waals surface area contributed by atoms with E-state index >= 15 is 0 Å². The monoisotopic (exact) mass is 210 g/mol. The molecule has 1 heterocycles. The summed E-state index contributed by atoms with van der Waals surface area (Å²) in [5.41, 5.74) is 0. The van der Waals surface area contributed by atoms with Gasteiger partial charge in [0.05, 0.1) is 11.3 Å².